The largest absolute Gasteiger partial charge is 0.476 e. The molecule has 7 nitrogen and oxygen atoms in total. The van der Waals surface area contributed by atoms with Crippen LogP contribution in [0.15, 0.2) is 0 Å². The van der Waals surface area contributed by atoms with Crippen LogP contribution in [-0.4, -0.2) is 25.8 Å². The summed E-state index contributed by atoms with van der Waals surface area (Å²) in [5.41, 5.74) is -0.363. The molecular weight excluding hydrogens is 226 g/mol. The number of hydrogen-bond acceptors (Lipinski definition) is 4. The molecule has 0 bridgehead atoms. The smallest absolute Gasteiger partial charge is 0.409 e. The maximum atomic E-state index is 10.8. The molecule has 0 radical (unpaired) electrons. The van der Waals surface area contributed by atoms with Gasteiger partial charge in [0, 0.05) is 0 Å². The van der Waals surface area contributed by atoms with E-state index >= 15 is 0 Å². The van der Waals surface area contributed by atoms with Gasteiger partial charge in [0.25, 0.3) is 0 Å². The van der Waals surface area contributed by atoms with Crippen LogP contribution >= 0.6 is 11.6 Å². The molecule has 1 aromatic heterocycles. The van der Waals surface area contributed by atoms with Gasteiger partial charge in [0.2, 0.25) is 0 Å². The van der Waals surface area contributed by atoms with Crippen LogP contribution < -0.4 is 0 Å². The van der Waals surface area contributed by atoms with Gasteiger partial charge in [-0.2, -0.15) is 4.68 Å². The summed E-state index contributed by atoms with van der Waals surface area (Å²) < 4.78 is 1.02. The summed E-state index contributed by atoms with van der Waals surface area (Å²) in [4.78, 5) is 20.5. The maximum absolute atomic E-state index is 10.8. The fourth-order valence-corrected chi connectivity index (χ4v) is 1.36. The van der Waals surface area contributed by atoms with Crippen LogP contribution in [0.4, 0.5) is 5.82 Å². The van der Waals surface area contributed by atoms with E-state index in [2.05, 4.69) is 5.10 Å². The molecule has 82 valence electrons. The van der Waals surface area contributed by atoms with Crippen molar-refractivity contribution in [3.63, 3.8) is 0 Å². The van der Waals surface area contributed by atoms with Crippen LogP contribution in [0.2, 0.25) is 5.02 Å². The van der Waals surface area contributed by atoms with E-state index in [4.69, 9.17) is 16.7 Å². The van der Waals surface area contributed by atoms with E-state index < -0.39 is 21.7 Å². The predicted octanol–water partition coefficient (Wildman–Crippen LogP) is 1.72. The molecule has 8 heteroatoms. The average molecular weight is 234 g/mol. The molecule has 0 fully saturated rings. The van der Waals surface area contributed by atoms with Crippen LogP contribution in [0.1, 0.15) is 30.4 Å². The lowest BCUT2D eigenvalue weighted by Gasteiger charge is -2.01. The molecule has 0 aliphatic rings. The third-order valence-electron chi connectivity index (χ3n) is 1.70. The molecule has 0 spiro atoms. The Morgan fingerprint density at radius 2 is 2.20 bits per heavy atom. The van der Waals surface area contributed by atoms with E-state index in [9.17, 15) is 14.9 Å². The van der Waals surface area contributed by atoms with Gasteiger partial charge in [-0.3, -0.25) is 0 Å². The number of aromatic nitrogens is 2. The average Bonchev–Trinajstić information content (AvgIpc) is 2.42. The summed E-state index contributed by atoms with van der Waals surface area (Å²) in [5.74, 6) is -1.97. The Balaban J connectivity index is 3.46. The molecule has 0 saturated heterocycles. The van der Waals surface area contributed by atoms with E-state index in [0.29, 0.717) is 0 Å². The predicted molar refractivity (Wildman–Crippen MR) is 51.2 cm³/mol. The number of rotatable bonds is 3. The molecule has 1 heterocycles. The van der Waals surface area contributed by atoms with Crippen LogP contribution in [0.3, 0.4) is 0 Å². The zero-order valence-corrected chi connectivity index (χ0v) is 8.72. The van der Waals surface area contributed by atoms with Crippen LogP contribution in [0.5, 0.6) is 0 Å². The summed E-state index contributed by atoms with van der Waals surface area (Å²) in [6.07, 6.45) is 0. The Hall–Kier alpha value is -1.63. The second-order valence-electron chi connectivity index (χ2n) is 3.09. The Bertz CT molecular complexity index is 426. The second-order valence-corrected chi connectivity index (χ2v) is 3.46. The van der Waals surface area contributed by atoms with E-state index in [1.807, 2.05) is 0 Å². The third-order valence-corrected chi connectivity index (χ3v) is 2.05. The van der Waals surface area contributed by atoms with Gasteiger partial charge in [0.15, 0.2) is 10.7 Å². The van der Waals surface area contributed by atoms with Crippen LogP contribution in [0, 0.1) is 10.1 Å². The summed E-state index contributed by atoms with van der Waals surface area (Å²) in [7, 11) is 0. The highest BCUT2D eigenvalue weighted by atomic mass is 35.5. The highest BCUT2D eigenvalue weighted by Gasteiger charge is 2.31. The molecule has 0 saturated carbocycles. The van der Waals surface area contributed by atoms with Crippen molar-refractivity contribution in [2.45, 2.75) is 19.9 Å². The van der Waals surface area contributed by atoms with Gasteiger partial charge in [0.1, 0.15) is 0 Å². The number of halogens is 1. The zero-order chi connectivity index (χ0) is 11.7. The summed E-state index contributed by atoms with van der Waals surface area (Å²) in [6.45, 7) is 3.30. The lowest BCUT2D eigenvalue weighted by atomic mass is 10.3. The highest BCUT2D eigenvalue weighted by molar-refractivity contribution is 6.35. The molecule has 1 N–H and O–H groups in total. The fraction of sp³-hybridized carbons (Fsp3) is 0.429. The molecule has 0 aliphatic heterocycles. The number of nitro groups is 1. The highest BCUT2D eigenvalue weighted by Crippen LogP contribution is 2.28. The van der Waals surface area contributed by atoms with Crippen molar-refractivity contribution in [2.75, 3.05) is 0 Å². The van der Waals surface area contributed by atoms with Crippen molar-refractivity contribution in [3.8, 4) is 0 Å². The van der Waals surface area contributed by atoms with Gasteiger partial charge < -0.3 is 15.2 Å². The minimum absolute atomic E-state index is 0.317. The first-order valence-corrected chi connectivity index (χ1v) is 4.39. The number of carbonyl (C=O) groups is 1. The Morgan fingerprint density at radius 3 is 2.47 bits per heavy atom. The summed E-state index contributed by atoms with van der Waals surface area (Å²) >= 11 is 5.56. The minimum atomic E-state index is -1.34. The SMILES string of the molecule is CC(C)n1nc([N+](=O)[O-])c(Cl)c1C(=O)O. The molecule has 0 unspecified atom stereocenters. The van der Waals surface area contributed by atoms with E-state index in [1.165, 1.54) is 0 Å². The van der Waals surface area contributed by atoms with Crippen molar-refractivity contribution in [3.05, 3.63) is 20.8 Å². The Kier molecular flexibility index (Phi) is 2.94. The van der Waals surface area contributed by atoms with Crippen LogP contribution in [0.25, 0.3) is 0 Å². The first kappa shape index (κ1) is 11.4. The van der Waals surface area contributed by atoms with Crippen molar-refractivity contribution < 1.29 is 14.8 Å². The molecule has 15 heavy (non-hydrogen) atoms. The number of hydrogen-bond donors (Lipinski definition) is 1. The van der Waals surface area contributed by atoms with E-state index in [1.54, 1.807) is 13.8 Å². The van der Waals surface area contributed by atoms with Gasteiger partial charge in [-0.25, -0.2) is 4.79 Å². The van der Waals surface area contributed by atoms with Gasteiger partial charge in [0.05, 0.1) is 11.1 Å². The molecule has 0 aliphatic carbocycles. The standard InChI is InChI=1S/C7H8ClN3O4/c1-3(2)10-5(7(12)13)4(8)6(9-10)11(14)15/h3H,1-2H3,(H,12,13). The van der Waals surface area contributed by atoms with Gasteiger partial charge in [-0.15, -0.1) is 0 Å². The van der Waals surface area contributed by atoms with Crippen molar-refractivity contribution >= 4 is 23.4 Å². The number of carboxylic acid groups (broad SMARTS) is 1. The van der Waals surface area contributed by atoms with E-state index in [-0.39, 0.29) is 11.7 Å². The number of aromatic carboxylic acids is 1. The summed E-state index contributed by atoms with van der Waals surface area (Å²) in [6, 6.07) is -0.317. The quantitative estimate of drug-likeness (QED) is 0.633. The van der Waals surface area contributed by atoms with Crippen molar-refractivity contribution in [1.29, 1.82) is 0 Å². The first-order chi connectivity index (χ1) is 6.86. The molecule has 1 aromatic rings. The third kappa shape index (κ3) is 1.91. The molecule has 0 atom stereocenters. The Morgan fingerprint density at radius 1 is 1.67 bits per heavy atom. The lowest BCUT2D eigenvalue weighted by molar-refractivity contribution is -0.389. The maximum Gasteiger partial charge on any atom is 0.409 e. The topological polar surface area (TPSA) is 98.3 Å². The normalized spacial score (nSPS) is 10.7. The fourth-order valence-electron chi connectivity index (χ4n) is 1.08. The number of carboxylic acids is 1. The molecule has 1 rings (SSSR count). The first-order valence-electron chi connectivity index (χ1n) is 4.02. The lowest BCUT2D eigenvalue weighted by Crippen LogP contribution is -2.12. The van der Waals surface area contributed by atoms with Crippen LogP contribution in [-0.2, 0) is 0 Å². The summed E-state index contributed by atoms with van der Waals surface area (Å²) in [5, 5.41) is 22.4. The monoisotopic (exact) mass is 233 g/mol. The van der Waals surface area contributed by atoms with Gasteiger partial charge in [-0.05, 0) is 18.8 Å². The van der Waals surface area contributed by atoms with Gasteiger partial charge in [-0.1, -0.05) is 11.6 Å². The van der Waals surface area contributed by atoms with Gasteiger partial charge >= 0.3 is 11.8 Å². The molecule has 0 aromatic carbocycles. The Labute approximate surface area is 89.4 Å². The van der Waals surface area contributed by atoms with Crippen molar-refractivity contribution in [2.24, 2.45) is 0 Å². The zero-order valence-electron chi connectivity index (χ0n) is 7.97. The number of nitrogens with zero attached hydrogens (tertiary/aromatic N) is 3. The van der Waals surface area contributed by atoms with Crippen molar-refractivity contribution in [1.82, 2.24) is 9.78 Å². The second kappa shape index (κ2) is 3.85. The molecule has 0 amide bonds. The van der Waals surface area contributed by atoms with E-state index in [0.717, 1.165) is 4.68 Å². The minimum Gasteiger partial charge on any atom is -0.476 e. The molecular formula is C7H8ClN3O4.